The molecule has 3 aromatic heterocycles. The third-order valence-corrected chi connectivity index (χ3v) is 7.42. The number of carbonyl (C=O) groups is 1. The van der Waals surface area contributed by atoms with Crippen LogP contribution in [0.15, 0.2) is 66.2 Å². The molecule has 0 bridgehead atoms. The van der Waals surface area contributed by atoms with Crippen LogP contribution in [0.2, 0.25) is 0 Å². The Bertz CT molecular complexity index is 1780. The average Bonchev–Trinajstić information content (AvgIpc) is 3.52. The molecule has 5 aromatic rings. The number of hydrogen-bond acceptors (Lipinski definition) is 8. The van der Waals surface area contributed by atoms with E-state index in [1.807, 2.05) is 31.2 Å². The van der Waals surface area contributed by atoms with E-state index in [4.69, 9.17) is 12.2 Å². The first-order valence-corrected chi connectivity index (χ1v) is 12.8. The van der Waals surface area contributed by atoms with Gasteiger partial charge in [0.2, 0.25) is 5.91 Å². The van der Waals surface area contributed by atoms with Gasteiger partial charge in [0, 0.05) is 17.3 Å². The molecule has 0 spiro atoms. The molecule has 0 saturated carbocycles. The molecule has 0 aliphatic heterocycles. The lowest BCUT2D eigenvalue weighted by Crippen LogP contribution is -2.45. The van der Waals surface area contributed by atoms with Crippen LogP contribution in [0, 0.1) is 22.5 Å². The summed E-state index contributed by atoms with van der Waals surface area (Å²) in [7, 11) is 0. The van der Waals surface area contributed by atoms with E-state index in [-0.39, 0.29) is 16.8 Å². The zero-order valence-corrected chi connectivity index (χ0v) is 22.0. The Morgan fingerprint density at radius 1 is 1.18 bits per heavy atom. The molecule has 2 N–H and O–H groups in total. The monoisotopic (exact) mass is 569 g/mol. The van der Waals surface area contributed by atoms with Crippen molar-refractivity contribution < 1.29 is 18.7 Å². The van der Waals surface area contributed by atoms with Gasteiger partial charge in [-0.3, -0.25) is 18.7 Å². The zero-order chi connectivity index (χ0) is 27.7. The molecule has 0 aliphatic rings. The normalized spacial score (nSPS) is 12.9. The van der Waals surface area contributed by atoms with Gasteiger partial charge < -0.3 is 10.4 Å². The molecule has 14 heteroatoms. The fourth-order valence-electron chi connectivity index (χ4n) is 4.10. The molecule has 1 amide bonds. The standard InChI is InChI=1S/C25H21F2N7O3S2/c1-15-2-5-17(6-3-15)34-22-21(39-24(34)38)23(36)32(14-30-22)9-20(35)29-10-25(37,11-33-13-28-12-31-33)18-7-4-16(26)8-19(18)27/h2-8,12-14,37H,9-11H2,1H3,(H,29,35). The molecule has 10 nitrogen and oxygen atoms in total. The Hall–Kier alpha value is -4.14. The molecular formula is C25H21F2N7O3S2. The van der Waals surface area contributed by atoms with Gasteiger partial charge in [-0.15, -0.1) is 0 Å². The number of amides is 1. The van der Waals surface area contributed by atoms with Crippen LogP contribution in [0.1, 0.15) is 11.1 Å². The Kier molecular flexibility index (Phi) is 7.16. The van der Waals surface area contributed by atoms with Crippen LogP contribution in [0.5, 0.6) is 0 Å². The highest BCUT2D eigenvalue weighted by molar-refractivity contribution is 7.73. The fraction of sp³-hybridized carbons (Fsp3) is 0.200. The molecule has 0 saturated heterocycles. The van der Waals surface area contributed by atoms with Crippen molar-refractivity contribution in [3.63, 3.8) is 0 Å². The summed E-state index contributed by atoms with van der Waals surface area (Å²) in [4.78, 5) is 34.2. The molecule has 1 atom stereocenters. The lowest BCUT2D eigenvalue weighted by molar-refractivity contribution is -0.123. The summed E-state index contributed by atoms with van der Waals surface area (Å²) in [6.07, 6.45) is 3.79. The maximum Gasteiger partial charge on any atom is 0.273 e. The van der Waals surface area contributed by atoms with Gasteiger partial charge in [0.1, 0.15) is 47.5 Å². The minimum Gasteiger partial charge on any atom is -0.381 e. The van der Waals surface area contributed by atoms with Gasteiger partial charge in [0.05, 0.1) is 13.1 Å². The first kappa shape index (κ1) is 26.5. The third kappa shape index (κ3) is 5.39. The number of carbonyl (C=O) groups excluding carboxylic acids is 1. The summed E-state index contributed by atoms with van der Waals surface area (Å²) >= 11 is 6.56. The Morgan fingerprint density at radius 2 is 1.95 bits per heavy atom. The van der Waals surface area contributed by atoms with Crippen molar-refractivity contribution >= 4 is 39.8 Å². The van der Waals surface area contributed by atoms with E-state index in [1.165, 1.54) is 23.7 Å². The highest BCUT2D eigenvalue weighted by Gasteiger charge is 2.34. The van der Waals surface area contributed by atoms with E-state index in [0.29, 0.717) is 15.7 Å². The number of benzene rings is 2. The summed E-state index contributed by atoms with van der Waals surface area (Å²) < 4.78 is 32.9. The number of nitrogens with zero attached hydrogens (tertiary/aromatic N) is 6. The van der Waals surface area contributed by atoms with Crippen molar-refractivity contribution in [1.82, 2.24) is 34.2 Å². The highest BCUT2D eigenvalue weighted by atomic mass is 32.1. The topological polar surface area (TPSA) is 120 Å². The molecular weight excluding hydrogens is 548 g/mol. The van der Waals surface area contributed by atoms with E-state index in [9.17, 15) is 23.5 Å². The van der Waals surface area contributed by atoms with Gasteiger partial charge in [0.15, 0.2) is 9.60 Å². The number of aryl methyl sites for hydroxylation is 1. The number of rotatable bonds is 8. The Labute approximate surface area is 228 Å². The molecule has 1 unspecified atom stereocenters. The van der Waals surface area contributed by atoms with Crippen LogP contribution in [0.25, 0.3) is 16.0 Å². The van der Waals surface area contributed by atoms with Crippen molar-refractivity contribution in [2.45, 2.75) is 25.6 Å². The number of aliphatic hydroxyl groups is 1. The molecule has 3 heterocycles. The summed E-state index contributed by atoms with van der Waals surface area (Å²) in [6, 6.07) is 10.3. The third-order valence-electron chi connectivity index (χ3n) is 6.07. The quantitative estimate of drug-likeness (QED) is 0.276. The second kappa shape index (κ2) is 10.6. The summed E-state index contributed by atoms with van der Waals surface area (Å²) in [5, 5.41) is 17.8. The fourth-order valence-corrected chi connectivity index (χ4v) is 5.44. The average molecular weight is 570 g/mol. The van der Waals surface area contributed by atoms with E-state index in [2.05, 4.69) is 20.4 Å². The van der Waals surface area contributed by atoms with Crippen LogP contribution in [0.3, 0.4) is 0 Å². The summed E-state index contributed by atoms with van der Waals surface area (Å²) in [6.45, 7) is 0.811. The number of nitrogens with one attached hydrogen (secondary N) is 1. The molecule has 200 valence electrons. The van der Waals surface area contributed by atoms with Gasteiger partial charge >= 0.3 is 0 Å². The van der Waals surface area contributed by atoms with Crippen LogP contribution < -0.4 is 10.9 Å². The van der Waals surface area contributed by atoms with Crippen LogP contribution in [0.4, 0.5) is 8.78 Å². The lowest BCUT2D eigenvalue weighted by Gasteiger charge is -2.29. The van der Waals surface area contributed by atoms with Gasteiger partial charge in [-0.05, 0) is 37.3 Å². The first-order valence-electron chi connectivity index (χ1n) is 11.6. The van der Waals surface area contributed by atoms with E-state index in [0.717, 1.165) is 39.3 Å². The second-order valence-electron chi connectivity index (χ2n) is 8.89. The van der Waals surface area contributed by atoms with E-state index >= 15 is 0 Å². The van der Waals surface area contributed by atoms with Gasteiger partial charge in [-0.25, -0.2) is 23.4 Å². The molecule has 0 radical (unpaired) electrons. The SMILES string of the molecule is Cc1ccc(-n2c(=S)sc3c(=O)n(CC(=O)NCC(O)(Cn4cncn4)c4ccc(F)cc4F)cnc32)cc1. The largest absolute Gasteiger partial charge is 0.381 e. The van der Waals surface area contributed by atoms with Crippen molar-refractivity contribution in [3.8, 4) is 5.69 Å². The smallest absolute Gasteiger partial charge is 0.273 e. The maximum atomic E-state index is 14.6. The van der Waals surface area contributed by atoms with Gasteiger partial charge in [-0.1, -0.05) is 35.1 Å². The molecule has 2 aromatic carbocycles. The highest BCUT2D eigenvalue weighted by Crippen LogP contribution is 2.26. The number of aromatic nitrogens is 6. The number of fused-ring (bicyclic) bond motifs is 1. The van der Waals surface area contributed by atoms with Gasteiger partial charge in [0.25, 0.3) is 5.56 Å². The van der Waals surface area contributed by atoms with E-state index < -0.39 is 41.8 Å². The predicted molar refractivity (Wildman–Crippen MR) is 142 cm³/mol. The van der Waals surface area contributed by atoms with Crippen molar-refractivity contribution in [2.75, 3.05) is 6.54 Å². The Balaban J connectivity index is 1.38. The predicted octanol–water partition coefficient (Wildman–Crippen LogP) is 2.86. The Morgan fingerprint density at radius 3 is 2.64 bits per heavy atom. The van der Waals surface area contributed by atoms with Crippen LogP contribution >= 0.6 is 23.6 Å². The van der Waals surface area contributed by atoms with Gasteiger partial charge in [-0.2, -0.15) is 5.10 Å². The summed E-state index contributed by atoms with van der Waals surface area (Å²) in [5.41, 5.74) is -0.486. The maximum absolute atomic E-state index is 14.6. The first-order chi connectivity index (χ1) is 18.6. The number of hydrogen-bond donors (Lipinski definition) is 2. The van der Waals surface area contributed by atoms with Crippen LogP contribution in [-0.4, -0.2) is 46.4 Å². The van der Waals surface area contributed by atoms with Crippen molar-refractivity contribution in [1.29, 1.82) is 0 Å². The summed E-state index contributed by atoms with van der Waals surface area (Å²) in [5.74, 6) is -2.44. The van der Waals surface area contributed by atoms with E-state index in [1.54, 1.807) is 4.57 Å². The van der Waals surface area contributed by atoms with Crippen molar-refractivity contribution in [3.05, 3.63) is 98.5 Å². The minimum absolute atomic E-state index is 0.239. The molecule has 39 heavy (non-hydrogen) atoms. The number of thiazole rings is 1. The van der Waals surface area contributed by atoms with Crippen molar-refractivity contribution in [2.24, 2.45) is 0 Å². The lowest BCUT2D eigenvalue weighted by atomic mass is 9.92. The minimum atomic E-state index is -2.00. The number of halogens is 2. The zero-order valence-electron chi connectivity index (χ0n) is 20.4. The molecule has 5 rings (SSSR count). The molecule has 0 fully saturated rings. The second-order valence-corrected chi connectivity index (χ2v) is 10.5. The molecule has 0 aliphatic carbocycles. The van der Waals surface area contributed by atoms with Crippen LogP contribution in [-0.2, 0) is 23.5 Å².